The van der Waals surface area contributed by atoms with E-state index in [4.69, 9.17) is 4.74 Å². The van der Waals surface area contributed by atoms with Gasteiger partial charge in [0.15, 0.2) is 0 Å². The first-order valence-electron chi connectivity index (χ1n) is 11.8. The number of benzene rings is 5. The second-order valence-corrected chi connectivity index (χ2v) is 12.4. The van der Waals surface area contributed by atoms with Crippen LogP contribution < -0.4 is 30.5 Å². The average molecular weight is 492 g/mol. The summed E-state index contributed by atoms with van der Waals surface area (Å²) in [5.41, 5.74) is 3.62. The fourth-order valence-electron chi connectivity index (χ4n) is 6.04. The normalized spacial score (nSPS) is 17.9. The molecule has 0 saturated heterocycles. The van der Waals surface area contributed by atoms with E-state index in [1.807, 2.05) is 88.7 Å². The van der Waals surface area contributed by atoms with Crippen molar-refractivity contribution < 1.29 is 13.1 Å². The maximum absolute atomic E-state index is 18.3. The summed E-state index contributed by atoms with van der Waals surface area (Å²) in [7, 11) is -5.89. The van der Waals surface area contributed by atoms with Gasteiger partial charge < -0.3 is 0 Å². The van der Waals surface area contributed by atoms with Crippen LogP contribution in [0.1, 0.15) is 0 Å². The van der Waals surface area contributed by atoms with Gasteiger partial charge in [-0.3, -0.25) is 0 Å². The summed E-state index contributed by atoms with van der Waals surface area (Å²) >= 11 is 0. The van der Waals surface area contributed by atoms with Gasteiger partial charge in [-0.25, -0.2) is 0 Å². The predicted molar refractivity (Wildman–Crippen MR) is 144 cm³/mol. The van der Waals surface area contributed by atoms with Crippen LogP contribution in [0.4, 0.5) is 42.5 Å². The van der Waals surface area contributed by atoms with Crippen molar-refractivity contribution in [2.24, 2.45) is 0 Å². The SMILES string of the molecule is FP12(F)c3c4cccc3N(c3ccccc3)c3cccc(c31)N(c1ccccc1)c1cccc(c12)O4. The number of para-hydroxylation sites is 2. The Morgan fingerprint density at radius 1 is 0.444 bits per heavy atom. The molecule has 0 aliphatic carbocycles. The van der Waals surface area contributed by atoms with Crippen molar-refractivity contribution in [3.8, 4) is 11.5 Å². The van der Waals surface area contributed by atoms with Gasteiger partial charge in [-0.2, -0.15) is 0 Å². The maximum atomic E-state index is 18.3. The quantitative estimate of drug-likeness (QED) is 0.228. The van der Waals surface area contributed by atoms with Crippen molar-refractivity contribution >= 4 is 57.3 Å². The van der Waals surface area contributed by atoms with E-state index in [-0.39, 0.29) is 27.4 Å². The zero-order chi connectivity index (χ0) is 24.1. The molecule has 0 aromatic heterocycles. The summed E-state index contributed by atoms with van der Waals surface area (Å²) in [6.45, 7) is 0. The van der Waals surface area contributed by atoms with Crippen LogP contribution >= 0.6 is 7.22 Å². The van der Waals surface area contributed by atoms with Crippen LogP contribution in [0.2, 0.25) is 0 Å². The van der Waals surface area contributed by atoms with Crippen LogP contribution in [0.25, 0.3) is 0 Å². The van der Waals surface area contributed by atoms with Crippen LogP contribution in [-0.2, 0) is 0 Å². The molecule has 5 aromatic carbocycles. The standard InChI is InChI=1S/C30H19F2N2OP/c31-36(32)28-22-14-7-15-23(28)34(21-12-5-2-6-13-21)25-17-9-19-27(30(25)36)35-26-18-8-16-24(29(26)36)33(22)20-10-3-1-4-11-20/h1-19H. The summed E-state index contributed by atoms with van der Waals surface area (Å²) in [5.74, 6) is 0.462. The van der Waals surface area contributed by atoms with E-state index in [1.54, 1.807) is 36.4 Å². The molecule has 0 bridgehead atoms. The van der Waals surface area contributed by atoms with E-state index >= 15 is 8.39 Å². The van der Waals surface area contributed by atoms with Crippen molar-refractivity contribution in [1.29, 1.82) is 0 Å². The molecule has 6 heteroatoms. The first-order valence-corrected chi connectivity index (χ1v) is 13.8. The summed E-state index contributed by atoms with van der Waals surface area (Å²) in [4.78, 5) is 3.90. The summed E-state index contributed by atoms with van der Waals surface area (Å²) in [6, 6.07) is 35.4. The third-order valence-electron chi connectivity index (χ3n) is 7.34. The van der Waals surface area contributed by atoms with Gasteiger partial charge in [0.1, 0.15) is 0 Å². The average Bonchev–Trinajstić information content (AvgIpc) is 2.90. The molecule has 0 spiro atoms. The minimum atomic E-state index is -5.89. The van der Waals surface area contributed by atoms with Crippen LogP contribution in [0.3, 0.4) is 0 Å². The molecule has 0 saturated carbocycles. The first kappa shape index (κ1) is 20.0. The van der Waals surface area contributed by atoms with Gasteiger partial charge in [-0.15, -0.1) is 0 Å². The Hall–Kier alpha value is -4.21. The molecule has 8 rings (SSSR count). The summed E-state index contributed by atoms with van der Waals surface area (Å²) < 4.78 is 42.8. The Kier molecular flexibility index (Phi) is 3.62. The van der Waals surface area contributed by atoms with E-state index in [9.17, 15) is 0 Å². The number of hydrogen-bond acceptors (Lipinski definition) is 3. The summed E-state index contributed by atoms with van der Waals surface area (Å²) in [6.07, 6.45) is 0. The monoisotopic (exact) mass is 492 g/mol. The third-order valence-corrected chi connectivity index (χ3v) is 11.1. The van der Waals surface area contributed by atoms with Crippen LogP contribution in [0.5, 0.6) is 11.5 Å². The van der Waals surface area contributed by atoms with Crippen molar-refractivity contribution in [3.05, 3.63) is 115 Å². The van der Waals surface area contributed by atoms with Gasteiger partial charge in [-0.1, -0.05) is 0 Å². The molecule has 3 aliphatic rings. The Morgan fingerprint density at radius 3 is 1.28 bits per heavy atom. The van der Waals surface area contributed by atoms with Gasteiger partial charge in [0.2, 0.25) is 0 Å². The molecule has 3 aliphatic heterocycles. The fourth-order valence-corrected chi connectivity index (χ4v) is 10.0. The van der Waals surface area contributed by atoms with Crippen LogP contribution in [0.15, 0.2) is 115 Å². The summed E-state index contributed by atoms with van der Waals surface area (Å²) in [5, 5.41) is 0.124. The molecule has 0 N–H and O–H groups in total. The molecule has 0 amide bonds. The molecule has 0 fully saturated rings. The molecular formula is C30H19F2N2OP. The second kappa shape index (κ2) is 6.51. The van der Waals surface area contributed by atoms with E-state index in [1.165, 1.54) is 0 Å². The topological polar surface area (TPSA) is 15.7 Å². The van der Waals surface area contributed by atoms with Crippen LogP contribution in [0, 0.1) is 0 Å². The Morgan fingerprint density at radius 2 is 0.833 bits per heavy atom. The molecule has 5 aromatic rings. The van der Waals surface area contributed by atoms with Gasteiger partial charge in [0.25, 0.3) is 0 Å². The van der Waals surface area contributed by atoms with Gasteiger partial charge in [0.05, 0.1) is 0 Å². The van der Waals surface area contributed by atoms with E-state index in [0.717, 1.165) is 11.4 Å². The number of hydrogen-bond donors (Lipinski definition) is 0. The van der Waals surface area contributed by atoms with E-state index < -0.39 is 7.22 Å². The minimum absolute atomic E-state index is 0.0139. The van der Waals surface area contributed by atoms with E-state index in [0.29, 0.717) is 22.7 Å². The molecule has 0 unspecified atom stereocenters. The van der Waals surface area contributed by atoms with Gasteiger partial charge in [0, 0.05) is 0 Å². The number of halogens is 2. The Bertz CT molecular complexity index is 1600. The first-order chi connectivity index (χ1) is 17.6. The molecule has 3 heterocycles. The Balaban J connectivity index is 1.59. The zero-order valence-corrected chi connectivity index (χ0v) is 19.9. The number of ether oxygens (including phenoxy) is 1. The van der Waals surface area contributed by atoms with Crippen LogP contribution in [-0.4, -0.2) is 0 Å². The van der Waals surface area contributed by atoms with Gasteiger partial charge in [-0.05, 0) is 0 Å². The molecule has 3 nitrogen and oxygen atoms in total. The molecule has 36 heavy (non-hydrogen) atoms. The fraction of sp³-hybridized carbons (Fsp3) is 0. The molecular weight excluding hydrogens is 473 g/mol. The molecule has 174 valence electrons. The number of nitrogens with zero attached hydrogens (tertiary/aromatic N) is 2. The number of rotatable bonds is 2. The Labute approximate surface area is 207 Å². The van der Waals surface area contributed by atoms with E-state index in [2.05, 4.69) is 0 Å². The number of anilines is 6. The molecule has 0 atom stereocenters. The van der Waals surface area contributed by atoms with Crippen molar-refractivity contribution in [3.63, 3.8) is 0 Å². The third kappa shape index (κ3) is 2.21. The van der Waals surface area contributed by atoms with Crippen molar-refractivity contribution in [2.45, 2.75) is 0 Å². The van der Waals surface area contributed by atoms with Crippen molar-refractivity contribution in [1.82, 2.24) is 0 Å². The van der Waals surface area contributed by atoms with Gasteiger partial charge >= 0.3 is 207 Å². The second-order valence-electron chi connectivity index (χ2n) is 9.24. The predicted octanol–water partition coefficient (Wildman–Crippen LogP) is 7.96. The van der Waals surface area contributed by atoms with Crippen molar-refractivity contribution in [2.75, 3.05) is 9.80 Å². The zero-order valence-electron chi connectivity index (χ0n) is 19.0. The molecule has 0 radical (unpaired) electrons.